The average molecular weight is 333 g/mol. The lowest BCUT2D eigenvalue weighted by molar-refractivity contribution is 1.47. The first kappa shape index (κ1) is 13.6. The second-order valence-electron chi connectivity index (χ2n) is 4.60. The molecule has 1 nitrogen and oxygen atoms in total. The van der Waals surface area contributed by atoms with Crippen molar-refractivity contribution in [3.8, 4) is 28.3 Å². The molecular weight excluding hydrogens is 322 g/mol. The van der Waals surface area contributed by atoms with Crippen LogP contribution < -0.4 is 0 Å². The van der Waals surface area contributed by atoms with Gasteiger partial charge < -0.3 is 0 Å². The summed E-state index contributed by atoms with van der Waals surface area (Å²) >= 11 is 3.58. The van der Waals surface area contributed by atoms with Gasteiger partial charge in [-0.15, -0.1) is 0 Å². The van der Waals surface area contributed by atoms with Crippen molar-refractivity contribution in [2.24, 2.45) is 0 Å². The third-order valence-electron chi connectivity index (χ3n) is 3.35. The van der Waals surface area contributed by atoms with Crippen LogP contribution in [-0.4, -0.2) is 0 Å². The van der Waals surface area contributed by atoms with Crippen molar-refractivity contribution in [1.82, 2.24) is 0 Å². The summed E-state index contributed by atoms with van der Waals surface area (Å²) in [6, 6.07) is 27.2. The summed E-state index contributed by atoms with van der Waals surface area (Å²) in [5, 5.41) is 9.36. The van der Waals surface area contributed by atoms with Crippen molar-refractivity contribution < 1.29 is 0 Å². The van der Waals surface area contributed by atoms with Crippen molar-refractivity contribution in [3.63, 3.8) is 0 Å². The van der Waals surface area contributed by atoms with Gasteiger partial charge in [0.15, 0.2) is 0 Å². The van der Waals surface area contributed by atoms with Gasteiger partial charge in [0, 0.05) is 15.6 Å². The molecule has 3 aromatic rings. The van der Waals surface area contributed by atoms with Gasteiger partial charge in [-0.05, 0) is 39.2 Å². The van der Waals surface area contributed by atoms with E-state index in [9.17, 15) is 5.26 Å². The Balaban J connectivity index is 2.31. The van der Waals surface area contributed by atoms with Crippen LogP contribution in [-0.2, 0) is 0 Å². The number of benzene rings is 3. The van der Waals surface area contributed by atoms with Crippen LogP contribution in [0.15, 0.2) is 71.2 Å². The standard InChI is InChI=1S/C19H11BrN/c20-18-12-6-11-16(14-7-2-1-3-8-14)19(18)17-10-5-4-9-15(17)13-21/h1-11H. The Morgan fingerprint density at radius 3 is 2.33 bits per heavy atom. The van der Waals surface area contributed by atoms with Crippen molar-refractivity contribution >= 4 is 15.9 Å². The minimum absolute atomic E-state index is 0.662. The molecular formula is C19H11BrN. The van der Waals surface area contributed by atoms with E-state index in [4.69, 9.17) is 0 Å². The van der Waals surface area contributed by atoms with Crippen LogP contribution in [0.25, 0.3) is 22.3 Å². The van der Waals surface area contributed by atoms with Gasteiger partial charge in [0.1, 0.15) is 0 Å². The lowest BCUT2D eigenvalue weighted by Gasteiger charge is -2.13. The van der Waals surface area contributed by atoms with E-state index in [1.807, 2.05) is 54.6 Å². The molecule has 99 valence electrons. The van der Waals surface area contributed by atoms with Gasteiger partial charge in [0.2, 0.25) is 0 Å². The highest BCUT2D eigenvalue weighted by Crippen LogP contribution is 2.38. The normalized spacial score (nSPS) is 10.1. The highest BCUT2D eigenvalue weighted by Gasteiger charge is 2.13. The molecule has 0 fully saturated rings. The van der Waals surface area contributed by atoms with Crippen LogP contribution >= 0.6 is 15.9 Å². The fourth-order valence-electron chi connectivity index (χ4n) is 2.39. The van der Waals surface area contributed by atoms with Crippen molar-refractivity contribution in [3.05, 3.63) is 82.8 Å². The number of rotatable bonds is 2. The van der Waals surface area contributed by atoms with Gasteiger partial charge in [0.25, 0.3) is 0 Å². The predicted molar refractivity (Wildman–Crippen MR) is 88.6 cm³/mol. The molecule has 0 spiro atoms. The molecule has 0 amide bonds. The Morgan fingerprint density at radius 2 is 1.57 bits per heavy atom. The van der Waals surface area contributed by atoms with E-state index in [1.165, 1.54) is 0 Å². The minimum atomic E-state index is 0.662. The second kappa shape index (κ2) is 5.95. The van der Waals surface area contributed by atoms with E-state index in [0.29, 0.717) is 5.56 Å². The first-order valence-corrected chi connectivity index (χ1v) is 7.35. The quantitative estimate of drug-likeness (QED) is 0.611. The van der Waals surface area contributed by atoms with Crippen LogP contribution in [0.4, 0.5) is 0 Å². The highest BCUT2D eigenvalue weighted by atomic mass is 79.9. The Morgan fingerprint density at radius 1 is 0.857 bits per heavy atom. The molecule has 0 aliphatic carbocycles. The number of hydrogen-bond donors (Lipinski definition) is 0. The molecule has 0 saturated carbocycles. The van der Waals surface area contributed by atoms with Crippen LogP contribution in [0.2, 0.25) is 0 Å². The summed E-state index contributed by atoms with van der Waals surface area (Å²) in [6.07, 6.45) is 0. The molecule has 0 heterocycles. The number of hydrogen-bond acceptors (Lipinski definition) is 1. The molecule has 0 atom stereocenters. The molecule has 3 aromatic carbocycles. The largest absolute Gasteiger partial charge is 0.192 e. The molecule has 0 bridgehead atoms. The van der Waals surface area contributed by atoms with E-state index in [1.54, 1.807) is 0 Å². The van der Waals surface area contributed by atoms with E-state index in [2.05, 4.69) is 40.2 Å². The van der Waals surface area contributed by atoms with Crippen LogP contribution in [0.5, 0.6) is 0 Å². The zero-order valence-electron chi connectivity index (χ0n) is 11.2. The molecule has 0 unspecified atom stereocenters. The molecule has 0 saturated heterocycles. The van der Waals surface area contributed by atoms with Gasteiger partial charge in [-0.3, -0.25) is 0 Å². The topological polar surface area (TPSA) is 23.8 Å². The first-order valence-electron chi connectivity index (χ1n) is 6.56. The number of nitrogens with zero attached hydrogens (tertiary/aromatic N) is 1. The van der Waals surface area contributed by atoms with E-state index in [-0.39, 0.29) is 0 Å². The maximum atomic E-state index is 9.36. The minimum Gasteiger partial charge on any atom is -0.192 e. The van der Waals surface area contributed by atoms with Crippen molar-refractivity contribution in [2.75, 3.05) is 0 Å². The molecule has 2 heteroatoms. The van der Waals surface area contributed by atoms with Crippen LogP contribution in [0.3, 0.4) is 0 Å². The SMILES string of the molecule is N#Cc1ccccc1-c1c(Br)[c]ccc1-c1ccccc1. The smallest absolute Gasteiger partial charge is 0.0998 e. The van der Waals surface area contributed by atoms with Crippen molar-refractivity contribution in [1.29, 1.82) is 5.26 Å². The molecule has 0 aliphatic rings. The monoisotopic (exact) mass is 332 g/mol. The molecule has 21 heavy (non-hydrogen) atoms. The molecule has 0 N–H and O–H groups in total. The molecule has 3 rings (SSSR count). The second-order valence-corrected chi connectivity index (χ2v) is 5.40. The Labute approximate surface area is 132 Å². The summed E-state index contributed by atoms with van der Waals surface area (Å²) in [5.41, 5.74) is 4.79. The Bertz CT molecular complexity index is 816. The maximum absolute atomic E-state index is 9.36. The summed E-state index contributed by atoms with van der Waals surface area (Å²) in [7, 11) is 0. The average Bonchev–Trinajstić information content (AvgIpc) is 2.55. The zero-order valence-corrected chi connectivity index (χ0v) is 12.8. The van der Waals surface area contributed by atoms with E-state index >= 15 is 0 Å². The zero-order chi connectivity index (χ0) is 14.7. The molecule has 1 radical (unpaired) electrons. The fourth-order valence-corrected chi connectivity index (χ4v) is 2.95. The van der Waals surface area contributed by atoms with Gasteiger partial charge >= 0.3 is 0 Å². The lowest BCUT2D eigenvalue weighted by atomic mass is 9.92. The predicted octanol–water partition coefficient (Wildman–Crippen LogP) is 5.45. The summed E-state index contributed by atoms with van der Waals surface area (Å²) in [5.74, 6) is 0. The van der Waals surface area contributed by atoms with Gasteiger partial charge in [-0.1, -0.05) is 60.7 Å². The summed E-state index contributed by atoms with van der Waals surface area (Å²) in [4.78, 5) is 0. The molecule has 0 aromatic heterocycles. The van der Waals surface area contributed by atoms with Gasteiger partial charge in [-0.2, -0.15) is 5.26 Å². The summed E-state index contributed by atoms with van der Waals surface area (Å²) < 4.78 is 0.867. The van der Waals surface area contributed by atoms with E-state index < -0.39 is 0 Å². The first-order chi connectivity index (χ1) is 10.3. The molecule has 0 aliphatic heterocycles. The highest BCUT2D eigenvalue weighted by molar-refractivity contribution is 9.10. The maximum Gasteiger partial charge on any atom is 0.0998 e. The Kier molecular flexibility index (Phi) is 3.85. The summed E-state index contributed by atoms with van der Waals surface area (Å²) in [6.45, 7) is 0. The number of nitriles is 1. The lowest BCUT2D eigenvalue weighted by Crippen LogP contribution is -1.90. The third kappa shape index (κ3) is 2.61. The van der Waals surface area contributed by atoms with Crippen molar-refractivity contribution in [2.45, 2.75) is 0 Å². The fraction of sp³-hybridized carbons (Fsp3) is 0. The van der Waals surface area contributed by atoms with Gasteiger partial charge in [-0.25, -0.2) is 0 Å². The Hall–Kier alpha value is -2.37. The van der Waals surface area contributed by atoms with Gasteiger partial charge in [0.05, 0.1) is 11.6 Å². The number of halogens is 1. The van der Waals surface area contributed by atoms with E-state index in [0.717, 1.165) is 26.7 Å². The third-order valence-corrected chi connectivity index (χ3v) is 3.98. The van der Waals surface area contributed by atoms with Crippen LogP contribution in [0.1, 0.15) is 5.56 Å². The van der Waals surface area contributed by atoms with Crippen LogP contribution in [0, 0.1) is 17.4 Å².